The first-order chi connectivity index (χ1) is 13.0. The van der Waals surface area contributed by atoms with Gasteiger partial charge in [-0.25, -0.2) is 0 Å². The normalized spacial score (nSPS) is 10.6. The molecule has 27 heavy (non-hydrogen) atoms. The van der Waals surface area contributed by atoms with E-state index >= 15 is 0 Å². The standard InChI is InChI=1S/C22H22N2O3/c1-4-27-19(25)13-17-11-10-14(2)15(3)20(17)22(26)24-18-9-5-7-16-8-6-12-23-21(16)18/h5-12H,4,13H2,1-3H3,(H,24,26). The summed E-state index contributed by atoms with van der Waals surface area (Å²) in [4.78, 5) is 29.4. The first-order valence-corrected chi connectivity index (χ1v) is 8.91. The van der Waals surface area contributed by atoms with Gasteiger partial charge in [0.1, 0.15) is 0 Å². The lowest BCUT2D eigenvalue weighted by atomic mass is 9.95. The van der Waals surface area contributed by atoms with Crippen LogP contribution in [0.4, 0.5) is 5.69 Å². The number of carbonyl (C=O) groups excluding carboxylic acids is 2. The quantitative estimate of drug-likeness (QED) is 0.691. The van der Waals surface area contributed by atoms with Gasteiger partial charge in [0.15, 0.2) is 0 Å². The lowest BCUT2D eigenvalue weighted by Gasteiger charge is -2.15. The van der Waals surface area contributed by atoms with Crippen molar-refractivity contribution >= 4 is 28.5 Å². The zero-order valence-corrected chi connectivity index (χ0v) is 15.7. The monoisotopic (exact) mass is 362 g/mol. The van der Waals surface area contributed by atoms with Crippen LogP contribution in [-0.2, 0) is 16.0 Å². The van der Waals surface area contributed by atoms with Gasteiger partial charge in [0, 0.05) is 17.1 Å². The summed E-state index contributed by atoms with van der Waals surface area (Å²) >= 11 is 0. The summed E-state index contributed by atoms with van der Waals surface area (Å²) in [6.07, 6.45) is 1.76. The van der Waals surface area contributed by atoms with Gasteiger partial charge in [0.05, 0.1) is 24.2 Å². The molecule has 0 spiro atoms. The number of aryl methyl sites for hydroxylation is 1. The first kappa shape index (κ1) is 18.6. The minimum Gasteiger partial charge on any atom is -0.466 e. The fraction of sp³-hybridized carbons (Fsp3) is 0.227. The first-order valence-electron chi connectivity index (χ1n) is 8.91. The Morgan fingerprint density at radius 1 is 1.07 bits per heavy atom. The number of nitrogens with one attached hydrogen (secondary N) is 1. The van der Waals surface area contributed by atoms with E-state index in [-0.39, 0.29) is 18.3 Å². The van der Waals surface area contributed by atoms with Crippen molar-refractivity contribution in [3.8, 4) is 0 Å². The molecule has 138 valence electrons. The highest BCUT2D eigenvalue weighted by molar-refractivity contribution is 6.10. The molecule has 1 aromatic heterocycles. The van der Waals surface area contributed by atoms with Crippen molar-refractivity contribution in [3.63, 3.8) is 0 Å². The van der Waals surface area contributed by atoms with Crippen LogP contribution >= 0.6 is 0 Å². The maximum Gasteiger partial charge on any atom is 0.310 e. The Kier molecular flexibility index (Phi) is 5.50. The van der Waals surface area contributed by atoms with Gasteiger partial charge in [0.25, 0.3) is 5.91 Å². The zero-order valence-electron chi connectivity index (χ0n) is 15.7. The second kappa shape index (κ2) is 7.99. The van der Waals surface area contributed by atoms with Crippen molar-refractivity contribution in [3.05, 3.63) is 70.9 Å². The van der Waals surface area contributed by atoms with Crippen molar-refractivity contribution in [2.75, 3.05) is 11.9 Å². The molecule has 1 heterocycles. The average Bonchev–Trinajstić information content (AvgIpc) is 2.65. The Morgan fingerprint density at radius 3 is 2.63 bits per heavy atom. The Labute approximate surface area is 158 Å². The molecule has 1 N–H and O–H groups in total. The Morgan fingerprint density at radius 2 is 1.85 bits per heavy atom. The number of aromatic nitrogens is 1. The number of ether oxygens (including phenoxy) is 1. The minimum absolute atomic E-state index is 0.0610. The molecule has 5 nitrogen and oxygen atoms in total. The SMILES string of the molecule is CCOC(=O)Cc1ccc(C)c(C)c1C(=O)Nc1cccc2cccnc12. The summed E-state index contributed by atoms with van der Waals surface area (Å²) in [5, 5.41) is 3.91. The number of rotatable bonds is 5. The second-order valence-electron chi connectivity index (χ2n) is 6.36. The number of para-hydroxylation sites is 1. The van der Waals surface area contributed by atoms with E-state index in [1.807, 2.05) is 56.3 Å². The van der Waals surface area contributed by atoms with Crippen LogP contribution in [0.3, 0.4) is 0 Å². The lowest BCUT2D eigenvalue weighted by molar-refractivity contribution is -0.142. The van der Waals surface area contributed by atoms with Gasteiger partial charge < -0.3 is 10.1 Å². The van der Waals surface area contributed by atoms with Crippen LogP contribution in [0.15, 0.2) is 48.7 Å². The summed E-state index contributed by atoms with van der Waals surface area (Å²) in [6, 6.07) is 13.2. The van der Waals surface area contributed by atoms with Crippen LogP contribution in [0.1, 0.15) is 34.0 Å². The third kappa shape index (κ3) is 3.97. The molecule has 0 saturated carbocycles. The van der Waals surface area contributed by atoms with Crippen molar-refractivity contribution < 1.29 is 14.3 Å². The number of nitrogens with zero attached hydrogens (tertiary/aromatic N) is 1. The molecule has 0 saturated heterocycles. The van der Waals surface area contributed by atoms with Crippen LogP contribution in [0.5, 0.6) is 0 Å². The minimum atomic E-state index is -0.346. The fourth-order valence-electron chi connectivity index (χ4n) is 3.09. The number of pyridine rings is 1. The number of benzene rings is 2. The number of amides is 1. The molecule has 0 aliphatic heterocycles. The topological polar surface area (TPSA) is 68.3 Å². The number of anilines is 1. The third-order valence-corrected chi connectivity index (χ3v) is 4.57. The summed E-state index contributed by atoms with van der Waals surface area (Å²) < 4.78 is 5.05. The summed E-state index contributed by atoms with van der Waals surface area (Å²) in [6.45, 7) is 5.91. The number of carbonyl (C=O) groups is 2. The molecule has 0 unspecified atom stereocenters. The lowest BCUT2D eigenvalue weighted by Crippen LogP contribution is -2.19. The summed E-state index contributed by atoms with van der Waals surface area (Å²) in [5.41, 5.74) is 4.37. The van der Waals surface area contributed by atoms with Gasteiger partial charge in [-0.2, -0.15) is 0 Å². The van der Waals surface area contributed by atoms with Gasteiger partial charge in [-0.1, -0.05) is 30.3 Å². The molecule has 1 amide bonds. The molecular formula is C22H22N2O3. The molecule has 0 fully saturated rings. The van der Waals surface area contributed by atoms with Crippen LogP contribution in [0.25, 0.3) is 10.9 Å². The molecule has 2 aromatic carbocycles. The summed E-state index contributed by atoms with van der Waals surface area (Å²) in [7, 11) is 0. The van der Waals surface area contributed by atoms with E-state index in [9.17, 15) is 9.59 Å². The van der Waals surface area contributed by atoms with Gasteiger partial charge in [-0.15, -0.1) is 0 Å². The van der Waals surface area contributed by atoms with Crippen molar-refractivity contribution in [1.82, 2.24) is 4.98 Å². The molecule has 0 aliphatic rings. The molecule has 0 radical (unpaired) electrons. The van der Waals surface area contributed by atoms with Crippen LogP contribution in [-0.4, -0.2) is 23.5 Å². The largest absolute Gasteiger partial charge is 0.466 e. The summed E-state index contributed by atoms with van der Waals surface area (Å²) in [5.74, 6) is -0.602. The molecule has 0 bridgehead atoms. The molecule has 5 heteroatoms. The average molecular weight is 362 g/mol. The van der Waals surface area contributed by atoms with Gasteiger partial charge >= 0.3 is 5.97 Å². The van der Waals surface area contributed by atoms with Crippen molar-refractivity contribution in [2.45, 2.75) is 27.2 Å². The van der Waals surface area contributed by atoms with E-state index in [4.69, 9.17) is 4.74 Å². The van der Waals surface area contributed by atoms with E-state index in [2.05, 4.69) is 10.3 Å². The predicted octanol–water partition coefficient (Wildman–Crippen LogP) is 4.21. The number of fused-ring (bicyclic) bond motifs is 1. The van der Waals surface area contributed by atoms with Crippen LogP contribution in [0, 0.1) is 13.8 Å². The Balaban J connectivity index is 1.98. The van der Waals surface area contributed by atoms with E-state index in [1.54, 1.807) is 13.1 Å². The van der Waals surface area contributed by atoms with Crippen LogP contribution < -0.4 is 5.32 Å². The third-order valence-electron chi connectivity index (χ3n) is 4.57. The fourth-order valence-corrected chi connectivity index (χ4v) is 3.09. The highest BCUT2D eigenvalue weighted by Gasteiger charge is 2.19. The van der Waals surface area contributed by atoms with Crippen LogP contribution in [0.2, 0.25) is 0 Å². The van der Waals surface area contributed by atoms with E-state index < -0.39 is 0 Å². The number of hydrogen-bond acceptors (Lipinski definition) is 4. The van der Waals surface area contributed by atoms with Gasteiger partial charge in [-0.3, -0.25) is 14.6 Å². The maximum atomic E-state index is 13.1. The van der Waals surface area contributed by atoms with E-state index in [1.165, 1.54) is 0 Å². The van der Waals surface area contributed by atoms with Crippen molar-refractivity contribution in [2.24, 2.45) is 0 Å². The molecule has 3 rings (SSSR count). The van der Waals surface area contributed by atoms with Gasteiger partial charge in [0.2, 0.25) is 0 Å². The van der Waals surface area contributed by atoms with Crippen molar-refractivity contribution in [1.29, 1.82) is 0 Å². The Bertz CT molecular complexity index is 1010. The Hall–Kier alpha value is -3.21. The number of esters is 1. The predicted molar refractivity (Wildman–Crippen MR) is 106 cm³/mol. The van der Waals surface area contributed by atoms with E-state index in [0.29, 0.717) is 23.4 Å². The van der Waals surface area contributed by atoms with E-state index in [0.717, 1.165) is 22.0 Å². The number of hydrogen-bond donors (Lipinski definition) is 1. The highest BCUT2D eigenvalue weighted by atomic mass is 16.5. The molecular weight excluding hydrogens is 340 g/mol. The maximum absolute atomic E-state index is 13.1. The zero-order chi connectivity index (χ0) is 19.4. The molecule has 0 atom stereocenters. The molecule has 0 aliphatic carbocycles. The second-order valence-corrected chi connectivity index (χ2v) is 6.36. The van der Waals surface area contributed by atoms with Gasteiger partial charge in [-0.05, 0) is 49.6 Å². The smallest absolute Gasteiger partial charge is 0.310 e. The highest BCUT2D eigenvalue weighted by Crippen LogP contribution is 2.24. The molecule has 3 aromatic rings.